The van der Waals surface area contributed by atoms with Crippen molar-refractivity contribution in [3.05, 3.63) is 36.3 Å². The summed E-state index contributed by atoms with van der Waals surface area (Å²) in [4.78, 5) is 18.7. The monoisotopic (exact) mass is 413 g/mol. The van der Waals surface area contributed by atoms with Crippen molar-refractivity contribution < 1.29 is 9.29 Å². The second-order valence-corrected chi connectivity index (χ2v) is 7.66. The number of piperidine rings is 1. The Bertz CT molecular complexity index is 900. The van der Waals surface area contributed by atoms with Gasteiger partial charge in [0.25, 0.3) is 0 Å². The Kier molecular flexibility index (Phi) is 7.22. The molecule has 0 aliphatic carbocycles. The van der Waals surface area contributed by atoms with E-state index in [4.69, 9.17) is 4.74 Å². The topological polar surface area (TPSA) is 90.0 Å². The summed E-state index contributed by atoms with van der Waals surface area (Å²) < 4.78 is 17.9. The van der Waals surface area contributed by atoms with Gasteiger partial charge in [-0.1, -0.05) is 0 Å². The van der Waals surface area contributed by atoms with Crippen molar-refractivity contribution in [2.45, 2.75) is 30.2 Å². The molecule has 2 aromatic heterocycles. The number of fused-ring (bicyclic) bond motifs is 1. The molecule has 0 amide bonds. The van der Waals surface area contributed by atoms with Crippen LogP contribution in [0.4, 0.5) is 5.82 Å². The molecule has 140 valence electrons. The van der Waals surface area contributed by atoms with Crippen LogP contribution in [0.15, 0.2) is 35.6 Å². The molecule has 0 bridgehead atoms. The summed E-state index contributed by atoms with van der Waals surface area (Å²) in [6, 6.07) is 7.46. The summed E-state index contributed by atoms with van der Waals surface area (Å²) in [5.74, 6) is 2.45. The van der Waals surface area contributed by atoms with Crippen LogP contribution in [-0.2, 0) is 16.9 Å². The Morgan fingerprint density at radius 3 is 2.78 bits per heavy atom. The third kappa shape index (κ3) is 4.86. The van der Waals surface area contributed by atoms with Gasteiger partial charge >= 0.3 is 42.9 Å². The number of nitrogens with one attached hydrogen (secondary N) is 1. The Hall–Kier alpha value is -1.06. The van der Waals surface area contributed by atoms with Gasteiger partial charge in [-0.3, -0.25) is 4.98 Å². The number of ether oxygens (including phenoxy) is 1. The van der Waals surface area contributed by atoms with E-state index >= 15 is 0 Å². The van der Waals surface area contributed by atoms with Gasteiger partial charge in [0.05, 0.1) is 18.1 Å². The number of nitrogens with zero attached hydrogens (tertiary/aromatic N) is 4. The van der Waals surface area contributed by atoms with Crippen LogP contribution in [0.3, 0.4) is 0 Å². The Morgan fingerprint density at radius 2 is 2.00 bits per heavy atom. The number of aromatic amines is 1. The first kappa shape index (κ1) is 20.7. The van der Waals surface area contributed by atoms with E-state index in [-0.39, 0.29) is 43.5 Å². The van der Waals surface area contributed by atoms with Crippen LogP contribution < -0.4 is 9.64 Å². The zero-order valence-corrected chi connectivity index (χ0v) is 15.5. The molecule has 0 radical (unpaired) electrons. The Labute approximate surface area is 191 Å². The van der Waals surface area contributed by atoms with E-state index in [2.05, 4.69) is 24.8 Å². The first-order valence-corrected chi connectivity index (χ1v) is 10.0. The van der Waals surface area contributed by atoms with Gasteiger partial charge in [-0.25, -0.2) is 9.97 Å². The zero-order valence-electron chi connectivity index (χ0n) is 14.6. The standard InChI is InChI=1S/C18H21N5O2S.Ca.2H/c1-25-13-5-6-14-15(11-13)21-18(20-14)26(24)12-16-19-8-7-17(22-16)23-9-3-2-4-10-23;;;/h5-8,11H,2-4,9-10,12H2,1H3,(H,20,21);;;. The molecule has 1 aliphatic heterocycles. The quantitative estimate of drug-likeness (QED) is 0.506. The van der Waals surface area contributed by atoms with E-state index in [9.17, 15) is 4.55 Å². The number of benzene rings is 1. The summed E-state index contributed by atoms with van der Waals surface area (Å²) in [5.41, 5.74) is 1.56. The Morgan fingerprint density at radius 1 is 1.19 bits per heavy atom. The maximum absolute atomic E-state index is 12.7. The van der Waals surface area contributed by atoms with Gasteiger partial charge in [-0.2, -0.15) is 4.98 Å². The van der Waals surface area contributed by atoms with Gasteiger partial charge < -0.3 is 14.2 Å². The molecule has 3 aromatic rings. The van der Waals surface area contributed by atoms with E-state index in [0.717, 1.165) is 35.7 Å². The molecule has 9 heteroatoms. The molecule has 27 heavy (non-hydrogen) atoms. The second-order valence-electron chi connectivity index (χ2n) is 6.29. The summed E-state index contributed by atoms with van der Waals surface area (Å²) in [7, 11) is 1.61. The molecule has 3 heterocycles. The van der Waals surface area contributed by atoms with Crippen molar-refractivity contribution in [3.8, 4) is 5.75 Å². The van der Waals surface area contributed by atoms with Crippen LogP contribution in [0.2, 0.25) is 0 Å². The van der Waals surface area contributed by atoms with Crippen molar-refractivity contribution in [3.63, 3.8) is 0 Å². The van der Waals surface area contributed by atoms with Crippen molar-refractivity contribution in [1.29, 1.82) is 0 Å². The third-order valence-electron chi connectivity index (χ3n) is 4.52. The maximum atomic E-state index is 12.7. The number of rotatable bonds is 5. The zero-order chi connectivity index (χ0) is 17.9. The van der Waals surface area contributed by atoms with Gasteiger partial charge in [0, 0.05) is 36.5 Å². The first-order valence-electron chi connectivity index (χ1n) is 8.72. The molecule has 1 fully saturated rings. The van der Waals surface area contributed by atoms with Crippen LogP contribution in [0.25, 0.3) is 11.0 Å². The Balaban J connectivity index is 0.00000210. The van der Waals surface area contributed by atoms with E-state index < -0.39 is 11.2 Å². The fourth-order valence-electron chi connectivity index (χ4n) is 3.14. The minimum atomic E-state index is -1.34. The van der Waals surface area contributed by atoms with Crippen molar-refractivity contribution >= 4 is 65.8 Å². The van der Waals surface area contributed by atoms with E-state index in [1.807, 2.05) is 24.3 Å². The first-order chi connectivity index (χ1) is 12.7. The third-order valence-corrected chi connectivity index (χ3v) is 5.66. The minimum absolute atomic E-state index is 0. The van der Waals surface area contributed by atoms with E-state index in [0.29, 0.717) is 11.0 Å². The summed E-state index contributed by atoms with van der Waals surface area (Å²) in [6.45, 7) is 2.04. The summed E-state index contributed by atoms with van der Waals surface area (Å²) in [5, 5.41) is 0.431. The molecule has 7 nitrogen and oxygen atoms in total. The number of aromatic nitrogens is 4. The predicted octanol–water partition coefficient (Wildman–Crippen LogP) is 1.74. The number of imidazole rings is 1. The van der Waals surface area contributed by atoms with Crippen LogP contribution in [0, 0.1) is 0 Å². The van der Waals surface area contributed by atoms with Crippen LogP contribution in [-0.4, -0.2) is 82.4 Å². The van der Waals surface area contributed by atoms with Gasteiger partial charge in [-0.05, 0) is 37.5 Å². The van der Waals surface area contributed by atoms with Gasteiger partial charge in [0.15, 0.2) is 11.6 Å². The number of hydrogen-bond acceptors (Lipinski definition) is 6. The normalized spacial score (nSPS) is 15.4. The molecule has 1 aliphatic rings. The fourth-order valence-corrected chi connectivity index (χ4v) is 4.07. The summed E-state index contributed by atoms with van der Waals surface area (Å²) in [6.07, 6.45) is 5.39. The van der Waals surface area contributed by atoms with Crippen LogP contribution in [0.5, 0.6) is 5.75 Å². The van der Waals surface area contributed by atoms with Crippen molar-refractivity contribution in [1.82, 2.24) is 19.9 Å². The van der Waals surface area contributed by atoms with Gasteiger partial charge in [-0.15, -0.1) is 0 Å². The van der Waals surface area contributed by atoms with Crippen molar-refractivity contribution in [2.75, 3.05) is 25.1 Å². The average Bonchev–Trinajstić information content (AvgIpc) is 3.12. The van der Waals surface area contributed by atoms with E-state index in [1.165, 1.54) is 19.3 Å². The molecule has 4 rings (SSSR count). The number of anilines is 1. The number of hydrogen-bond donors (Lipinski definition) is 1. The number of H-pyrrole nitrogens is 1. The van der Waals surface area contributed by atoms with Crippen LogP contribution >= 0.6 is 0 Å². The molecule has 1 N–H and O–H groups in total. The molecule has 1 aromatic carbocycles. The number of methoxy groups -OCH3 is 1. The molecule has 1 saturated heterocycles. The SMILES string of the molecule is COc1ccc2[nH]c([S+]([O-])Cc3nccc(N4CCCCC4)n3)nc2c1.[CaH2]. The van der Waals surface area contributed by atoms with Gasteiger partial charge in [0.2, 0.25) is 0 Å². The predicted molar refractivity (Wildman–Crippen MR) is 109 cm³/mol. The summed E-state index contributed by atoms with van der Waals surface area (Å²) >= 11 is -1.34. The second kappa shape index (κ2) is 9.43. The molecular formula is C18H23CaN5O2S. The van der Waals surface area contributed by atoms with Crippen molar-refractivity contribution in [2.24, 2.45) is 0 Å². The van der Waals surface area contributed by atoms with Crippen LogP contribution in [0.1, 0.15) is 25.1 Å². The molecular weight excluding hydrogens is 390 g/mol. The van der Waals surface area contributed by atoms with E-state index in [1.54, 1.807) is 13.3 Å². The van der Waals surface area contributed by atoms with Gasteiger partial charge in [0.1, 0.15) is 11.6 Å². The molecule has 0 saturated carbocycles. The molecule has 1 unspecified atom stereocenters. The molecule has 1 atom stereocenters. The average molecular weight is 414 g/mol. The fraction of sp³-hybridized carbons (Fsp3) is 0.389. The molecule has 0 spiro atoms.